The zero-order valence-corrected chi connectivity index (χ0v) is 20.1. The Bertz CT molecular complexity index is 398. The Kier molecular flexibility index (Phi) is 8.00. The minimum atomic E-state index is -2.37. The third kappa shape index (κ3) is 5.99. The molecule has 0 aromatic heterocycles. The molecule has 5 heteroatoms. The van der Waals surface area contributed by atoms with Crippen LogP contribution in [0.3, 0.4) is 0 Å². The van der Waals surface area contributed by atoms with E-state index in [-0.39, 0.29) is 27.6 Å². The van der Waals surface area contributed by atoms with Crippen LogP contribution >= 0.6 is 0 Å². The Balaban J connectivity index is 5.28. The average molecular weight is 373 g/mol. The van der Waals surface area contributed by atoms with Gasteiger partial charge in [-0.15, -0.1) is 0 Å². The van der Waals surface area contributed by atoms with Gasteiger partial charge in [-0.2, -0.15) is 0 Å². The molecule has 0 fully saturated rings. The Morgan fingerprint density at radius 3 is 1.62 bits per heavy atom. The molecule has 0 aromatic rings. The van der Waals surface area contributed by atoms with Crippen LogP contribution in [-0.4, -0.2) is 29.7 Å². The molecule has 0 rings (SSSR count). The predicted molar refractivity (Wildman–Crippen MR) is 107 cm³/mol. The van der Waals surface area contributed by atoms with Crippen LogP contribution in [0.2, 0.25) is 21.7 Å². The van der Waals surface area contributed by atoms with Crippen molar-refractivity contribution < 1.29 is 13.6 Å². The van der Waals surface area contributed by atoms with E-state index in [0.29, 0.717) is 15.3 Å². The molecule has 0 aliphatic rings. The molecule has 24 heavy (non-hydrogen) atoms. The monoisotopic (exact) mass is 372 g/mol. The van der Waals surface area contributed by atoms with Crippen molar-refractivity contribution in [3.05, 3.63) is 0 Å². The van der Waals surface area contributed by atoms with E-state index in [9.17, 15) is 4.79 Å². The first-order valence-corrected chi connectivity index (χ1v) is 12.2. The van der Waals surface area contributed by atoms with Crippen molar-refractivity contribution in [1.82, 2.24) is 0 Å². The predicted octanol–water partition coefficient (Wildman–Crippen LogP) is 5.97. The van der Waals surface area contributed by atoms with Gasteiger partial charge in [0, 0.05) is 5.60 Å². The first-order chi connectivity index (χ1) is 10.5. The second-order valence-corrected chi connectivity index (χ2v) is 17.0. The highest BCUT2D eigenvalue weighted by molar-refractivity contribution is 6.81. The molecular formula is C19H40O3Si2. The van der Waals surface area contributed by atoms with Gasteiger partial charge in [0.05, 0.1) is 5.92 Å². The van der Waals surface area contributed by atoms with E-state index in [1.807, 2.05) is 27.7 Å². The zero-order valence-electron chi connectivity index (χ0n) is 18.1. The summed E-state index contributed by atoms with van der Waals surface area (Å²) in [5, 5.41) is -0.0298. The molecule has 0 amide bonds. The summed E-state index contributed by atoms with van der Waals surface area (Å²) in [6.07, 6.45) is 0. The molecule has 0 aromatic carbocycles. The van der Waals surface area contributed by atoms with Crippen molar-refractivity contribution in [2.24, 2.45) is 5.92 Å². The fourth-order valence-corrected chi connectivity index (χ4v) is 12.0. The molecule has 3 nitrogen and oxygen atoms in total. The summed E-state index contributed by atoms with van der Waals surface area (Å²) in [5.41, 5.74) is 0.205. The first-order valence-electron chi connectivity index (χ1n) is 9.09. The Hall–Kier alpha value is -0.136. The van der Waals surface area contributed by atoms with E-state index < -0.39 is 8.32 Å². The molecule has 0 aliphatic heterocycles. The molecule has 0 aliphatic carbocycles. The summed E-state index contributed by atoms with van der Waals surface area (Å²) in [6, 6.07) is 0.729. The van der Waals surface area contributed by atoms with Gasteiger partial charge in [0.15, 0.2) is 0 Å². The van der Waals surface area contributed by atoms with E-state index in [4.69, 9.17) is 8.85 Å². The zero-order chi connectivity index (χ0) is 19.6. The van der Waals surface area contributed by atoms with Gasteiger partial charge >= 0.3 is 0 Å². The fourth-order valence-electron chi connectivity index (χ4n) is 4.01. The molecule has 0 saturated heterocycles. The molecule has 0 bridgehead atoms. The van der Waals surface area contributed by atoms with E-state index in [0.717, 1.165) is 6.04 Å². The Morgan fingerprint density at radius 2 is 1.33 bits per heavy atom. The number of carbonyl (C=O) groups excluding carboxylic acids is 1. The summed E-state index contributed by atoms with van der Waals surface area (Å²) in [4.78, 5) is 12.9. The maximum Gasteiger partial charge on any atom is 0.295 e. The molecule has 1 unspecified atom stereocenters. The lowest BCUT2D eigenvalue weighted by molar-refractivity contribution is -0.139. The number of rotatable bonds is 6. The van der Waals surface area contributed by atoms with E-state index >= 15 is 0 Å². The Morgan fingerprint density at radius 1 is 0.917 bits per heavy atom. The number of carbonyl (C=O) groups is 1. The van der Waals surface area contributed by atoms with Gasteiger partial charge in [-0.1, -0.05) is 62.3 Å². The van der Waals surface area contributed by atoms with E-state index in [1.165, 1.54) is 0 Å². The van der Waals surface area contributed by atoms with Crippen LogP contribution in [0.5, 0.6) is 0 Å². The molecular weight excluding hydrogens is 332 g/mol. The standard InChI is InChI=1S/C19H40O3Si2/c1-14(2)24(18(7,8)9,19(10,11)12)21-16(20)15(3)13-23-22-17(4,5)6/h14-15H,13H2,1-12H3. The normalized spacial score (nSPS) is 15.5. The Labute approximate surface area is 154 Å². The lowest BCUT2D eigenvalue weighted by Crippen LogP contribution is -2.58. The third-order valence-electron chi connectivity index (χ3n) is 4.47. The lowest BCUT2D eigenvalue weighted by atomic mass is 10.2. The van der Waals surface area contributed by atoms with Crippen molar-refractivity contribution in [2.45, 2.75) is 110 Å². The quantitative estimate of drug-likeness (QED) is 0.538. The highest BCUT2D eigenvalue weighted by Crippen LogP contribution is 2.57. The topological polar surface area (TPSA) is 35.5 Å². The van der Waals surface area contributed by atoms with Gasteiger partial charge in [-0.25, -0.2) is 0 Å². The van der Waals surface area contributed by atoms with E-state index in [1.54, 1.807) is 0 Å². The summed E-state index contributed by atoms with van der Waals surface area (Å²) in [5.74, 6) is -0.175. The largest absolute Gasteiger partial charge is 0.518 e. The van der Waals surface area contributed by atoms with Crippen LogP contribution < -0.4 is 0 Å². The second-order valence-electron chi connectivity index (χ2n) is 10.3. The summed E-state index contributed by atoms with van der Waals surface area (Å²) in [6.45, 7) is 25.9. The summed E-state index contributed by atoms with van der Waals surface area (Å²) >= 11 is 0. The molecule has 2 radical (unpaired) electrons. The van der Waals surface area contributed by atoms with Gasteiger partial charge in [0.1, 0.15) is 0 Å². The van der Waals surface area contributed by atoms with Gasteiger partial charge in [0.2, 0.25) is 9.76 Å². The van der Waals surface area contributed by atoms with Crippen molar-refractivity contribution in [3.8, 4) is 0 Å². The SMILES string of the molecule is CC(C[Si]OC(C)(C)C)C(=O)O[Si](C(C)C)(C(C)(C)C)C(C)(C)C. The minimum Gasteiger partial charge on any atom is -0.518 e. The maximum absolute atomic E-state index is 12.9. The van der Waals surface area contributed by atoms with Gasteiger partial charge in [-0.3, -0.25) is 4.79 Å². The fraction of sp³-hybridized carbons (Fsp3) is 0.947. The van der Waals surface area contributed by atoms with Crippen LogP contribution in [0.15, 0.2) is 0 Å². The van der Waals surface area contributed by atoms with Gasteiger partial charge in [-0.05, 0) is 42.4 Å². The van der Waals surface area contributed by atoms with Crippen molar-refractivity contribution in [3.63, 3.8) is 0 Å². The van der Waals surface area contributed by atoms with Crippen molar-refractivity contribution in [1.29, 1.82) is 0 Å². The number of hydrogen-bond acceptors (Lipinski definition) is 3. The van der Waals surface area contributed by atoms with Crippen molar-refractivity contribution >= 4 is 24.0 Å². The molecule has 0 spiro atoms. The van der Waals surface area contributed by atoms with Crippen LogP contribution in [0, 0.1) is 5.92 Å². The molecule has 0 N–H and O–H groups in total. The third-order valence-corrected chi connectivity index (χ3v) is 12.6. The molecule has 0 heterocycles. The molecule has 1 atom stereocenters. The van der Waals surface area contributed by atoms with Gasteiger partial charge < -0.3 is 8.85 Å². The minimum absolute atomic E-state index is 0.0149. The second kappa shape index (κ2) is 8.04. The lowest BCUT2D eigenvalue weighted by Gasteiger charge is -2.52. The average Bonchev–Trinajstić information content (AvgIpc) is 2.29. The highest BCUT2D eigenvalue weighted by atomic mass is 28.4. The smallest absolute Gasteiger partial charge is 0.295 e. The molecule has 142 valence electrons. The first kappa shape index (κ1) is 23.9. The van der Waals surface area contributed by atoms with Crippen LogP contribution in [0.1, 0.15) is 83.1 Å². The van der Waals surface area contributed by atoms with Crippen LogP contribution in [0.4, 0.5) is 0 Å². The highest BCUT2D eigenvalue weighted by Gasteiger charge is 2.60. The van der Waals surface area contributed by atoms with Crippen molar-refractivity contribution in [2.75, 3.05) is 0 Å². The number of hydrogen-bond donors (Lipinski definition) is 0. The van der Waals surface area contributed by atoms with Gasteiger partial charge in [0.25, 0.3) is 14.3 Å². The van der Waals surface area contributed by atoms with Crippen LogP contribution in [-0.2, 0) is 13.6 Å². The molecule has 0 saturated carbocycles. The maximum atomic E-state index is 12.9. The summed E-state index contributed by atoms with van der Waals surface area (Å²) in [7, 11) is -2.04. The summed E-state index contributed by atoms with van der Waals surface area (Å²) < 4.78 is 12.2. The van der Waals surface area contributed by atoms with E-state index in [2.05, 4.69) is 55.4 Å². The van der Waals surface area contributed by atoms with Crippen LogP contribution in [0.25, 0.3) is 0 Å².